The molecule has 3 aromatic carbocycles. The maximum Gasteiger partial charge on any atom is 0.259 e. The summed E-state index contributed by atoms with van der Waals surface area (Å²) in [5.41, 5.74) is 6.03. The first-order chi connectivity index (χ1) is 20.5. The minimum absolute atomic E-state index is 0.0102. The Labute approximate surface area is 259 Å². The molecule has 0 bridgehead atoms. The third kappa shape index (κ3) is 6.36. The van der Waals surface area contributed by atoms with E-state index in [1.807, 2.05) is 44.2 Å². The van der Waals surface area contributed by atoms with Gasteiger partial charge in [0, 0.05) is 46.7 Å². The zero-order chi connectivity index (χ0) is 30.8. The van der Waals surface area contributed by atoms with Crippen LogP contribution in [0.15, 0.2) is 110 Å². The number of hydrogen-bond donors (Lipinski definition) is 1. The number of aryl methyl sites for hydroxylation is 1. The van der Waals surface area contributed by atoms with E-state index < -0.39 is 32.0 Å². The molecule has 1 fully saturated rings. The minimum atomic E-state index is -4.12. The number of nitrogens with zero attached hydrogens (tertiary/aromatic N) is 4. The van der Waals surface area contributed by atoms with Crippen LogP contribution in [-0.2, 0) is 24.8 Å². The van der Waals surface area contributed by atoms with Crippen molar-refractivity contribution >= 4 is 48.1 Å². The van der Waals surface area contributed by atoms with Gasteiger partial charge in [-0.3, -0.25) is 4.79 Å². The van der Waals surface area contributed by atoms with E-state index in [4.69, 9.17) is 0 Å². The normalized spacial score (nSPS) is 16.9. The van der Waals surface area contributed by atoms with Crippen molar-refractivity contribution in [2.24, 2.45) is 5.10 Å². The lowest BCUT2D eigenvalue weighted by atomic mass is 10.2. The third-order valence-electron chi connectivity index (χ3n) is 7.26. The molecule has 1 atom stereocenters. The number of hydrazone groups is 1. The van der Waals surface area contributed by atoms with Crippen LogP contribution >= 0.6 is 15.9 Å². The van der Waals surface area contributed by atoms with Crippen LogP contribution in [0.2, 0.25) is 0 Å². The van der Waals surface area contributed by atoms with Crippen molar-refractivity contribution in [1.29, 1.82) is 0 Å². The van der Waals surface area contributed by atoms with Gasteiger partial charge in [-0.05, 0) is 68.4 Å². The molecule has 0 radical (unpaired) electrons. The van der Waals surface area contributed by atoms with E-state index >= 15 is 0 Å². The molecule has 0 spiro atoms. The van der Waals surface area contributed by atoms with E-state index in [0.717, 1.165) is 35.7 Å². The molecular weight excluding hydrogens is 654 g/mol. The lowest BCUT2D eigenvalue weighted by Gasteiger charge is -2.38. The van der Waals surface area contributed by atoms with Gasteiger partial charge in [0.05, 0.1) is 16.0 Å². The van der Waals surface area contributed by atoms with E-state index in [1.54, 1.807) is 36.4 Å². The van der Waals surface area contributed by atoms with Crippen LogP contribution in [0.3, 0.4) is 0 Å². The molecule has 1 aliphatic rings. The maximum atomic E-state index is 13.6. The van der Waals surface area contributed by atoms with E-state index in [9.17, 15) is 21.6 Å². The van der Waals surface area contributed by atoms with E-state index in [2.05, 4.69) is 31.0 Å². The summed E-state index contributed by atoms with van der Waals surface area (Å²) in [6.45, 7) is 3.20. The molecule has 43 heavy (non-hydrogen) atoms. The minimum Gasteiger partial charge on any atom is -0.318 e. The first-order valence-corrected chi connectivity index (χ1v) is 17.1. The average Bonchev–Trinajstić information content (AvgIpc) is 3.30. The number of halogens is 1. The Kier molecular flexibility index (Phi) is 8.99. The fraction of sp³-hybridized carbons (Fsp3) is 0.200. The van der Waals surface area contributed by atoms with Crippen LogP contribution in [0, 0.1) is 13.8 Å². The molecule has 10 nitrogen and oxygen atoms in total. The zero-order valence-electron chi connectivity index (χ0n) is 23.5. The van der Waals surface area contributed by atoms with Gasteiger partial charge in [0.15, 0.2) is 0 Å². The van der Waals surface area contributed by atoms with Crippen LogP contribution < -0.4 is 5.43 Å². The highest BCUT2D eigenvalue weighted by Gasteiger charge is 2.43. The van der Waals surface area contributed by atoms with E-state index in [0.29, 0.717) is 0 Å². The molecule has 0 unspecified atom stereocenters. The summed E-state index contributed by atoms with van der Waals surface area (Å²) in [4.78, 5) is 13.6. The lowest BCUT2D eigenvalue weighted by Crippen LogP contribution is -2.60. The lowest BCUT2D eigenvalue weighted by molar-refractivity contribution is -0.125. The molecule has 1 amide bonds. The number of nitrogens with one attached hydrogen (secondary N) is 1. The molecule has 13 heteroatoms. The summed E-state index contributed by atoms with van der Waals surface area (Å²) >= 11 is 3.45. The predicted molar refractivity (Wildman–Crippen MR) is 168 cm³/mol. The number of sulfonamides is 2. The second-order valence-electron chi connectivity index (χ2n) is 9.99. The fourth-order valence-electron chi connectivity index (χ4n) is 5.08. The zero-order valence-corrected chi connectivity index (χ0v) is 26.7. The van der Waals surface area contributed by atoms with Gasteiger partial charge in [-0.2, -0.15) is 13.7 Å². The summed E-state index contributed by atoms with van der Waals surface area (Å²) in [6.07, 6.45) is 1.49. The van der Waals surface area contributed by atoms with Gasteiger partial charge in [0.2, 0.25) is 20.0 Å². The monoisotopic (exact) mass is 683 g/mol. The number of aromatic nitrogens is 1. The van der Waals surface area contributed by atoms with Crippen LogP contribution in [0.5, 0.6) is 0 Å². The first-order valence-electron chi connectivity index (χ1n) is 13.4. The summed E-state index contributed by atoms with van der Waals surface area (Å²) < 4.78 is 59.2. The number of rotatable bonds is 8. The highest BCUT2D eigenvalue weighted by Crippen LogP contribution is 2.26. The Morgan fingerprint density at radius 2 is 1.44 bits per heavy atom. The number of carbonyl (C=O) groups excluding carboxylic acids is 1. The molecule has 0 saturated carbocycles. The van der Waals surface area contributed by atoms with Crippen molar-refractivity contribution in [2.75, 3.05) is 19.6 Å². The standard InChI is InChI=1S/C30H30BrN5O5S2/c1-22-19-24(23(2)36(22)26-15-13-25(31)14-16-26)20-32-33-30(37)29-21-34(42(38,39)27-9-5-3-6-10-27)17-18-35(29)43(40,41)28-11-7-4-8-12-28/h3-16,19-20,29H,17-18,21H2,1-2H3,(H,33,37)/b32-20-/t29-/m0/s1. The van der Waals surface area contributed by atoms with Crippen molar-refractivity contribution < 1.29 is 21.6 Å². The van der Waals surface area contributed by atoms with Crippen molar-refractivity contribution in [1.82, 2.24) is 18.6 Å². The number of carbonyl (C=O) groups is 1. The Morgan fingerprint density at radius 3 is 2.05 bits per heavy atom. The smallest absolute Gasteiger partial charge is 0.259 e. The molecule has 1 N–H and O–H groups in total. The van der Waals surface area contributed by atoms with Crippen LogP contribution in [0.4, 0.5) is 0 Å². The number of piperazine rings is 1. The predicted octanol–water partition coefficient (Wildman–Crippen LogP) is 4.07. The third-order valence-corrected chi connectivity index (χ3v) is 11.6. The fourth-order valence-corrected chi connectivity index (χ4v) is 8.39. The Morgan fingerprint density at radius 1 is 0.860 bits per heavy atom. The van der Waals surface area contributed by atoms with Gasteiger partial charge in [0.1, 0.15) is 6.04 Å². The average molecular weight is 685 g/mol. The summed E-state index contributed by atoms with van der Waals surface area (Å²) in [5.74, 6) is -0.745. The van der Waals surface area contributed by atoms with Crippen molar-refractivity contribution in [3.63, 3.8) is 0 Å². The highest BCUT2D eigenvalue weighted by atomic mass is 79.9. The van der Waals surface area contributed by atoms with E-state index in [1.165, 1.54) is 30.5 Å². The van der Waals surface area contributed by atoms with Crippen molar-refractivity contribution in [3.8, 4) is 5.69 Å². The van der Waals surface area contributed by atoms with Gasteiger partial charge in [-0.1, -0.05) is 52.3 Å². The number of hydrogen-bond acceptors (Lipinski definition) is 6. The molecule has 1 aliphatic heterocycles. The summed E-state index contributed by atoms with van der Waals surface area (Å²) in [6, 6.07) is 24.0. The van der Waals surface area contributed by atoms with Crippen LogP contribution in [0.1, 0.15) is 17.0 Å². The number of amides is 1. The molecular formula is C30H30BrN5O5S2. The maximum absolute atomic E-state index is 13.6. The summed E-state index contributed by atoms with van der Waals surface area (Å²) in [7, 11) is -8.09. The van der Waals surface area contributed by atoms with Crippen molar-refractivity contribution in [3.05, 3.63) is 112 Å². The van der Waals surface area contributed by atoms with Crippen LogP contribution in [-0.4, -0.2) is 67.8 Å². The Hall–Kier alpha value is -3.62. The first kappa shape index (κ1) is 30.8. The van der Waals surface area contributed by atoms with E-state index in [-0.39, 0.29) is 29.4 Å². The topological polar surface area (TPSA) is 121 Å². The largest absolute Gasteiger partial charge is 0.318 e. The van der Waals surface area contributed by atoms with Crippen LogP contribution in [0.25, 0.3) is 5.69 Å². The van der Waals surface area contributed by atoms with Gasteiger partial charge in [-0.25, -0.2) is 22.3 Å². The molecule has 1 saturated heterocycles. The Bertz CT molecular complexity index is 1860. The Balaban J connectivity index is 1.41. The van der Waals surface area contributed by atoms with Gasteiger partial charge in [-0.15, -0.1) is 0 Å². The summed E-state index contributed by atoms with van der Waals surface area (Å²) in [5, 5.41) is 4.14. The highest BCUT2D eigenvalue weighted by molar-refractivity contribution is 9.10. The molecule has 4 aromatic rings. The molecule has 5 rings (SSSR count). The molecule has 1 aromatic heterocycles. The SMILES string of the molecule is Cc1cc(/C=N\NC(=O)[C@@H]2CN(S(=O)(=O)c3ccccc3)CCN2S(=O)(=O)c2ccccc2)c(C)n1-c1ccc(Br)cc1. The van der Waals surface area contributed by atoms with Crippen molar-refractivity contribution in [2.45, 2.75) is 29.7 Å². The number of benzene rings is 3. The van der Waals surface area contributed by atoms with Gasteiger partial charge >= 0.3 is 0 Å². The molecule has 0 aliphatic carbocycles. The quantitative estimate of drug-likeness (QED) is 0.222. The van der Waals surface area contributed by atoms with Gasteiger partial charge < -0.3 is 4.57 Å². The van der Waals surface area contributed by atoms with Gasteiger partial charge in [0.25, 0.3) is 5.91 Å². The second kappa shape index (κ2) is 12.5. The molecule has 2 heterocycles. The molecule has 224 valence electrons. The second-order valence-corrected chi connectivity index (χ2v) is 14.7.